The molecule has 0 aromatic heterocycles. The van der Waals surface area contributed by atoms with Crippen LogP contribution in [0.3, 0.4) is 0 Å². The molecule has 0 radical (unpaired) electrons. The Morgan fingerprint density at radius 1 is 1.14 bits per heavy atom. The lowest BCUT2D eigenvalue weighted by Crippen LogP contribution is -2.12. The number of rotatable bonds is 2. The van der Waals surface area contributed by atoms with Crippen molar-refractivity contribution in [3.63, 3.8) is 0 Å². The van der Waals surface area contributed by atoms with Gasteiger partial charge in [-0.2, -0.15) is 0 Å². The molecule has 1 aromatic rings. The van der Waals surface area contributed by atoms with E-state index in [0.717, 1.165) is 18.4 Å². The molecule has 14 heavy (non-hydrogen) atoms. The third-order valence-corrected chi connectivity index (χ3v) is 3.03. The van der Waals surface area contributed by atoms with E-state index >= 15 is 0 Å². The monoisotopic (exact) mass is 188 g/mol. The van der Waals surface area contributed by atoms with E-state index < -0.39 is 0 Å². The second-order valence-electron chi connectivity index (χ2n) is 4.77. The zero-order valence-electron chi connectivity index (χ0n) is 9.05. The number of Topliss-reactive ketones (excluding diaryl/α,β-unsaturated/α-hetero) is 1. The summed E-state index contributed by atoms with van der Waals surface area (Å²) in [6, 6.07) is 6.10. The first-order valence-corrected chi connectivity index (χ1v) is 5.14. The Morgan fingerprint density at radius 2 is 1.64 bits per heavy atom. The molecule has 0 bridgehead atoms. The second-order valence-corrected chi connectivity index (χ2v) is 4.77. The maximum atomic E-state index is 12.0. The summed E-state index contributed by atoms with van der Waals surface area (Å²) in [5.41, 5.74) is 3.21. The molecule has 1 aromatic carbocycles. The lowest BCUT2D eigenvalue weighted by atomic mass is 9.94. The lowest BCUT2D eigenvalue weighted by Gasteiger charge is -2.08. The van der Waals surface area contributed by atoms with Gasteiger partial charge in [0.15, 0.2) is 5.78 Å². The van der Waals surface area contributed by atoms with Crippen LogP contribution in [0.15, 0.2) is 18.2 Å². The summed E-state index contributed by atoms with van der Waals surface area (Å²) in [6.07, 6.45) is 2.11. The molecule has 0 heterocycles. The van der Waals surface area contributed by atoms with E-state index in [0.29, 0.717) is 5.78 Å². The van der Waals surface area contributed by atoms with Crippen LogP contribution < -0.4 is 0 Å². The van der Waals surface area contributed by atoms with E-state index in [1.165, 1.54) is 11.1 Å². The molecule has 0 N–H and O–H groups in total. The van der Waals surface area contributed by atoms with Crippen molar-refractivity contribution in [1.29, 1.82) is 0 Å². The van der Waals surface area contributed by atoms with Crippen LogP contribution in [-0.2, 0) is 0 Å². The Labute approximate surface area is 85.1 Å². The summed E-state index contributed by atoms with van der Waals surface area (Å²) in [7, 11) is 0. The van der Waals surface area contributed by atoms with Crippen molar-refractivity contribution in [3.05, 3.63) is 34.9 Å². The van der Waals surface area contributed by atoms with Crippen molar-refractivity contribution in [1.82, 2.24) is 0 Å². The molecule has 0 aliphatic heterocycles. The van der Waals surface area contributed by atoms with Crippen LogP contribution in [0, 0.1) is 19.3 Å². The molecule has 2 rings (SSSR count). The van der Waals surface area contributed by atoms with Gasteiger partial charge in [-0.1, -0.05) is 24.1 Å². The van der Waals surface area contributed by atoms with Gasteiger partial charge in [0.2, 0.25) is 0 Å². The van der Waals surface area contributed by atoms with Crippen LogP contribution in [-0.4, -0.2) is 5.78 Å². The summed E-state index contributed by atoms with van der Waals surface area (Å²) in [5, 5.41) is 0. The fourth-order valence-electron chi connectivity index (χ4n) is 1.87. The van der Waals surface area contributed by atoms with E-state index in [1.54, 1.807) is 0 Å². The second kappa shape index (κ2) is 2.94. The molecule has 0 atom stereocenters. The van der Waals surface area contributed by atoms with Gasteiger partial charge in [0.25, 0.3) is 0 Å². The zero-order valence-corrected chi connectivity index (χ0v) is 9.05. The van der Waals surface area contributed by atoms with E-state index in [2.05, 4.69) is 13.0 Å². The van der Waals surface area contributed by atoms with Gasteiger partial charge in [-0.25, -0.2) is 0 Å². The van der Waals surface area contributed by atoms with E-state index in [-0.39, 0.29) is 5.41 Å². The minimum absolute atomic E-state index is 0.0414. The predicted molar refractivity (Wildman–Crippen MR) is 57.6 cm³/mol. The Hall–Kier alpha value is -1.11. The molecule has 1 nitrogen and oxygen atoms in total. The maximum Gasteiger partial charge on any atom is 0.168 e. The Morgan fingerprint density at radius 3 is 2.07 bits per heavy atom. The standard InChI is InChI=1S/C13H16O/c1-9-6-10(2)8-11(7-9)12(14)13(3)4-5-13/h6-8H,4-5H2,1-3H3. The minimum atomic E-state index is -0.0414. The number of carbonyl (C=O) groups excluding carboxylic acids is 1. The smallest absolute Gasteiger partial charge is 0.168 e. The molecule has 1 aliphatic carbocycles. The molecule has 1 aliphatic rings. The summed E-state index contributed by atoms with van der Waals surface area (Å²) < 4.78 is 0. The number of hydrogen-bond donors (Lipinski definition) is 0. The quantitative estimate of drug-likeness (QED) is 0.651. The molecule has 0 amide bonds. The molecule has 1 heteroatoms. The highest BCUT2D eigenvalue weighted by molar-refractivity contribution is 6.02. The first-order chi connectivity index (χ1) is 6.51. The highest BCUT2D eigenvalue weighted by Crippen LogP contribution is 2.47. The molecule has 0 saturated heterocycles. The van der Waals surface area contributed by atoms with Gasteiger partial charge in [0.05, 0.1) is 0 Å². The largest absolute Gasteiger partial charge is 0.294 e. The molecule has 0 spiro atoms. The fourth-order valence-corrected chi connectivity index (χ4v) is 1.87. The van der Waals surface area contributed by atoms with Gasteiger partial charge >= 0.3 is 0 Å². The van der Waals surface area contributed by atoms with Crippen molar-refractivity contribution in [3.8, 4) is 0 Å². The average molecular weight is 188 g/mol. The highest BCUT2D eigenvalue weighted by atomic mass is 16.1. The topological polar surface area (TPSA) is 17.1 Å². The van der Waals surface area contributed by atoms with E-state index in [4.69, 9.17) is 0 Å². The molecular formula is C13H16O. The summed E-state index contributed by atoms with van der Waals surface area (Å²) >= 11 is 0. The first-order valence-electron chi connectivity index (χ1n) is 5.14. The summed E-state index contributed by atoms with van der Waals surface area (Å²) in [5.74, 6) is 0.323. The van der Waals surface area contributed by atoms with Crippen LogP contribution in [0.25, 0.3) is 0 Å². The predicted octanol–water partition coefficient (Wildman–Crippen LogP) is 3.29. The molecular weight excluding hydrogens is 172 g/mol. The van der Waals surface area contributed by atoms with Crippen molar-refractivity contribution in [2.24, 2.45) is 5.41 Å². The highest BCUT2D eigenvalue weighted by Gasteiger charge is 2.44. The maximum absolute atomic E-state index is 12.0. The van der Waals surface area contributed by atoms with Gasteiger partial charge < -0.3 is 0 Å². The van der Waals surface area contributed by atoms with E-state index in [9.17, 15) is 4.79 Å². The fraction of sp³-hybridized carbons (Fsp3) is 0.462. The zero-order chi connectivity index (χ0) is 10.3. The molecule has 1 saturated carbocycles. The van der Waals surface area contributed by atoms with Crippen molar-refractivity contribution < 1.29 is 4.79 Å². The number of aryl methyl sites for hydroxylation is 2. The van der Waals surface area contributed by atoms with Gasteiger partial charge in [-0.3, -0.25) is 4.79 Å². The van der Waals surface area contributed by atoms with Crippen LogP contribution in [0.5, 0.6) is 0 Å². The average Bonchev–Trinajstić information content (AvgIpc) is 2.82. The summed E-state index contributed by atoms with van der Waals surface area (Å²) in [6.45, 7) is 6.14. The third-order valence-electron chi connectivity index (χ3n) is 3.03. The van der Waals surface area contributed by atoms with Crippen molar-refractivity contribution >= 4 is 5.78 Å². The third kappa shape index (κ3) is 1.59. The number of ketones is 1. The van der Waals surface area contributed by atoms with Crippen LogP contribution >= 0.6 is 0 Å². The van der Waals surface area contributed by atoms with Gasteiger partial charge in [0, 0.05) is 11.0 Å². The lowest BCUT2D eigenvalue weighted by molar-refractivity contribution is 0.0912. The van der Waals surface area contributed by atoms with Crippen molar-refractivity contribution in [2.75, 3.05) is 0 Å². The number of hydrogen-bond acceptors (Lipinski definition) is 1. The number of carbonyl (C=O) groups is 1. The minimum Gasteiger partial charge on any atom is -0.294 e. The molecule has 74 valence electrons. The first kappa shape index (κ1) is 9.45. The van der Waals surface area contributed by atoms with Gasteiger partial charge in [-0.05, 0) is 38.8 Å². The normalized spacial score (nSPS) is 17.9. The molecule has 0 unspecified atom stereocenters. The van der Waals surface area contributed by atoms with Crippen LogP contribution in [0.2, 0.25) is 0 Å². The SMILES string of the molecule is Cc1cc(C)cc(C(=O)C2(C)CC2)c1. The van der Waals surface area contributed by atoms with Crippen LogP contribution in [0.1, 0.15) is 41.3 Å². The van der Waals surface area contributed by atoms with Gasteiger partial charge in [0.1, 0.15) is 0 Å². The van der Waals surface area contributed by atoms with E-state index in [1.807, 2.05) is 26.0 Å². The number of benzene rings is 1. The Kier molecular flexibility index (Phi) is 1.99. The molecule has 1 fully saturated rings. The Bertz CT molecular complexity index is 366. The summed E-state index contributed by atoms with van der Waals surface area (Å²) in [4.78, 5) is 12.0. The Balaban J connectivity index is 2.36. The van der Waals surface area contributed by atoms with Crippen molar-refractivity contribution in [2.45, 2.75) is 33.6 Å². The van der Waals surface area contributed by atoms with Crippen LogP contribution in [0.4, 0.5) is 0 Å². The van der Waals surface area contributed by atoms with Gasteiger partial charge in [-0.15, -0.1) is 0 Å².